The van der Waals surface area contributed by atoms with E-state index in [2.05, 4.69) is 27.0 Å². The van der Waals surface area contributed by atoms with E-state index in [1.165, 1.54) is 0 Å². The summed E-state index contributed by atoms with van der Waals surface area (Å²) in [4.78, 5) is 4.69. The van der Waals surface area contributed by atoms with Gasteiger partial charge in [-0.2, -0.15) is 0 Å². The Bertz CT molecular complexity index is 1060. The van der Waals surface area contributed by atoms with E-state index in [1.54, 1.807) is 0 Å². The van der Waals surface area contributed by atoms with Crippen molar-refractivity contribution in [3.8, 4) is 34.5 Å². The van der Waals surface area contributed by atoms with Gasteiger partial charge in [-0.15, -0.1) is 10.2 Å². The van der Waals surface area contributed by atoms with Crippen molar-refractivity contribution in [3.63, 3.8) is 0 Å². The van der Waals surface area contributed by atoms with E-state index in [0.29, 0.717) is 17.2 Å². The fourth-order valence-electron chi connectivity index (χ4n) is 2.57. The second kappa shape index (κ2) is 7.42. The molecular formula is C23H15N3. The maximum atomic E-state index is 4.69. The molecule has 0 spiro atoms. The van der Waals surface area contributed by atoms with Crippen molar-refractivity contribution in [2.45, 2.75) is 0 Å². The Kier molecular flexibility index (Phi) is 4.49. The van der Waals surface area contributed by atoms with Gasteiger partial charge in [0.15, 0.2) is 5.82 Å². The normalized spacial score (nSPS) is 10.0. The molecule has 3 aromatic carbocycles. The summed E-state index contributed by atoms with van der Waals surface area (Å²) in [5, 5.41) is 8.73. The topological polar surface area (TPSA) is 38.7 Å². The molecule has 3 nitrogen and oxygen atoms in total. The molecule has 0 unspecified atom stereocenters. The van der Waals surface area contributed by atoms with Crippen LogP contribution in [0, 0.1) is 11.8 Å². The zero-order valence-electron chi connectivity index (χ0n) is 14.0. The predicted octanol–water partition coefficient (Wildman–Crippen LogP) is 4.61. The van der Waals surface area contributed by atoms with Crippen molar-refractivity contribution in [1.82, 2.24) is 15.2 Å². The second-order valence-corrected chi connectivity index (χ2v) is 5.68. The van der Waals surface area contributed by atoms with Gasteiger partial charge >= 0.3 is 0 Å². The molecule has 0 aliphatic rings. The lowest BCUT2D eigenvalue weighted by Crippen LogP contribution is -2.00. The van der Waals surface area contributed by atoms with E-state index in [4.69, 9.17) is 0 Å². The quantitative estimate of drug-likeness (QED) is 0.503. The first kappa shape index (κ1) is 15.7. The molecule has 0 aliphatic heterocycles. The Morgan fingerprint density at radius 2 is 1.12 bits per heavy atom. The van der Waals surface area contributed by atoms with Crippen LogP contribution in [0.4, 0.5) is 0 Å². The van der Waals surface area contributed by atoms with Crippen LogP contribution in [0.3, 0.4) is 0 Å². The summed E-state index contributed by atoms with van der Waals surface area (Å²) in [5.74, 6) is 6.92. The van der Waals surface area contributed by atoms with Gasteiger partial charge in [-0.1, -0.05) is 84.8 Å². The van der Waals surface area contributed by atoms with Crippen molar-refractivity contribution >= 4 is 0 Å². The molecule has 0 N–H and O–H groups in total. The third kappa shape index (κ3) is 3.50. The SMILES string of the molecule is C(#Cc1nc(-c2ccccc2)nnc1-c1ccccc1)c1ccccc1. The van der Waals surface area contributed by atoms with E-state index < -0.39 is 0 Å². The highest BCUT2D eigenvalue weighted by Gasteiger charge is 2.10. The van der Waals surface area contributed by atoms with Gasteiger partial charge in [-0.3, -0.25) is 0 Å². The molecule has 1 heterocycles. The van der Waals surface area contributed by atoms with E-state index >= 15 is 0 Å². The van der Waals surface area contributed by atoms with Crippen LogP contribution in [-0.2, 0) is 0 Å². The number of benzene rings is 3. The smallest absolute Gasteiger partial charge is 0.182 e. The molecule has 3 heteroatoms. The molecule has 0 fully saturated rings. The second-order valence-electron chi connectivity index (χ2n) is 5.68. The number of rotatable bonds is 2. The van der Waals surface area contributed by atoms with Gasteiger partial charge in [-0.25, -0.2) is 4.98 Å². The number of hydrogen-bond acceptors (Lipinski definition) is 3. The highest BCUT2D eigenvalue weighted by molar-refractivity contribution is 5.67. The summed E-state index contributed by atoms with van der Waals surface area (Å²) in [6.45, 7) is 0. The zero-order chi connectivity index (χ0) is 17.6. The van der Waals surface area contributed by atoms with E-state index in [0.717, 1.165) is 16.7 Å². The molecule has 26 heavy (non-hydrogen) atoms. The molecule has 0 aliphatic carbocycles. The Hall–Kier alpha value is -3.77. The van der Waals surface area contributed by atoms with Crippen LogP contribution in [0.25, 0.3) is 22.6 Å². The van der Waals surface area contributed by atoms with Gasteiger partial charge in [0, 0.05) is 16.7 Å². The van der Waals surface area contributed by atoms with Crippen molar-refractivity contribution in [2.75, 3.05) is 0 Å². The Morgan fingerprint density at radius 3 is 1.77 bits per heavy atom. The van der Waals surface area contributed by atoms with Crippen molar-refractivity contribution < 1.29 is 0 Å². The lowest BCUT2D eigenvalue weighted by molar-refractivity contribution is 0.978. The van der Waals surface area contributed by atoms with Crippen LogP contribution >= 0.6 is 0 Å². The number of hydrogen-bond donors (Lipinski definition) is 0. The molecule has 0 bridgehead atoms. The van der Waals surface area contributed by atoms with E-state index in [-0.39, 0.29) is 0 Å². The highest BCUT2D eigenvalue weighted by Crippen LogP contribution is 2.21. The van der Waals surface area contributed by atoms with Crippen molar-refractivity contribution in [1.29, 1.82) is 0 Å². The maximum Gasteiger partial charge on any atom is 0.182 e. The molecule has 1 aromatic heterocycles. The van der Waals surface area contributed by atoms with Gasteiger partial charge in [0.05, 0.1) is 0 Å². The Labute approximate surface area is 152 Å². The third-order valence-corrected chi connectivity index (χ3v) is 3.86. The van der Waals surface area contributed by atoms with Crippen LogP contribution in [0.5, 0.6) is 0 Å². The standard InChI is InChI=1S/C23H15N3/c1-4-10-18(11-5-1)16-17-21-22(19-12-6-2-7-13-19)25-26-23(24-21)20-14-8-3-9-15-20/h1-15H. The van der Waals surface area contributed by atoms with Crippen molar-refractivity contribution in [2.24, 2.45) is 0 Å². The van der Waals surface area contributed by atoms with Gasteiger partial charge in [-0.05, 0) is 18.1 Å². The average Bonchev–Trinajstić information content (AvgIpc) is 2.74. The number of nitrogens with zero attached hydrogens (tertiary/aromatic N) is 3. The first-order chi connectivity index (χ1) is 12.9. The van der Waals surface area contributed by atoms with Crippen LogP contribution in [0.2, 0.25) is 0 Å². The van der Waals surface area contributed by atoms with Crippen LogP contribution in [0.15, 0.2) is 91.0 Å². The summed E-state index contributed by atoms with van der Waals surface area (Å²) in [6.07, 6.45) is 0. The Balaban J connectivity index is 1.83. The fraction of sp³-hybridized carbons (Fsp3) is 0. The zero-order valence-corrected chi connectivity index (χ0v) is 14.0. The molecule has 122 valence electrons. The Morgan fingerprint density at radius 1 is 0.538 bits per heavy atom. The molecule has 0 amide bonds. The van der Waals surface area contributed by atoms with Gasteiger partial charge in [0.25, 0.3) is 0 Å². The molecular weight excluding hydrogens is 318 g/mol. The molecule has 0 saturated heterocycles. The fourth-order valence-corrected chi connectivity index (χ4v) is 2.57. The summed E-state index contributed by atoms with van der Waals surface area (Å²) in [5.41, 5.74) is 4.11. The third-order valence-electron chi connectivity index (χ3n) is 3.86. The van der Waals surface area contributed by atoms with Crippen LogP contribution < -0.4 is 0 Å². The molecule has 4 rings (SSSR count). The predicted molar refractivity (Wildman–Crippen MR) is 103 cm³/mol. The van der Waals surface area contributed by atoms with E-state index in [9.17, 15) is 0 Å². The lowest BCUT2D eigenvalue weighted by atomic mass is 10.1. The first-order valence-corrected chi connectivity index (χ1v) is 8.33. The molecule has 4 aromatic rings. The van der Waals surface area contributed by atoms with Crippen LogP contribution in [-0.4, -0.2) is 15.2 Å². The van der Waals surface area contributed by atoms with Gasteiger partial charge < -0.3 is 0 Å². The molecule has 0 atom stereocenters. The lowest BCUT2D eigenvalue weighted by Gasteiger charge is -2.05. The minimum Gasteiger partial charge on any atom is -0.215 e. The number of aromatic nitrogens is 3. The van der Waals surface area contributed by atoms with Gasteiger partial charge in [0.2, 0.25) is 0 Å². The minimum atomic E-state index is 0.572. The highest BCUT2D eigenvalue weighted by atomic mass is 15.2. The largest absolute Gasteiger partial charge is 0.215 e. The maximum absolute atomic E-state index is 4.69. The molecule has 0 radical (unpaired) electrons. The summed E-state index contributed by atoms with van der Waals surface area (Å²) in [6, 6.07) is 29.6. The molecule has 0 saturated carbocycles. The monoisotopic (exact) mass is 333 g/mol. The summed E-state index contributed by atoms with van der Waals surface area (Å²) >= 11 is 0. The van der Waals surface area contributed by atoms with Crippen molar-refractivity contribution in [3.05, 3.63) is 102 Å². The van der Waals surface area contributed by atoms with Crippen LogP contribution in [0.1, 0.15) is 11.3 Å². The minimum absolute atomic E-state index is 0.572. The summed E-state index contributed by atoms with van der Waals surface area (Å²) in [7, 11) is 0. The van der Waals surface area contributed by atoms with E-state index in [1.807, 2.05) is 91.0 Å². The first-order valence-electron chi connectivity index (χ1n) is 8.33. The summed E-state index contributed by atoms with van der Waals surface area (Å²) < 4.78 is 0. The average molecular weight is 333 g/mol. The van der Waals surface area contributed by atoms with Gasteiger partial charge in [0.1, 0.15) is 11.4 Å².